The Balaban J connectivity index is 1.83. The molecule has 2 heterocycles. The summed E-state index contributed by atoms with van der Waals surface area (Å²) in [5.74, 6) is 0.107. The number of hydrogen-bond acceptors (Lipinski definition) is 2. The van der Waals surface area contributed by atoms with Gasteiger partial charge in [0.05, 0.1) is 0 Å². The summed E-state index contributed by atoms with van der Waals surface area (Å²) >= 11 is 0. The zero-order valence-corrected chi connectivity index (χ0v) is 10.5. The van der Waals surface area contributed by atoms with Gasteiger partial charge in [0.25, 0.3) is 0 Å². The lowest BCUT2D eigenvalue weighted by atomic mass is 10.1. The van der Waals surface area contributed by atoms with Gasteiger partial charge in [-0.25, -0.2) is 4.79 Å². The number of urea groups is 1. The molecule has 0 unspecified atom stereocenters. The first kappa shape index (κ1) is 12.2. The van der Waals surface area contributed by atoms with Crippen molar-refractivity contribution in [3.63, 3.8) is 0 Å². The normalized spacial score (nSPS) is 21.6. The molecule has 3 amide bonds. The van der Waals surface area contributed by atoms with E-state index in [0.717, 1.165) is 25.9 Å². The lowest BCUT2D eigenvalue weighted by Gasteiger charge is -2.38. The van der Waals surface area contributed by atoms with E-state index in [0.29, 0.717) is 26.2 Å². The molecule has 0 aromatic rings. The van der Waals surface area contributed by atoms with Crippen molar-refractivity contribution >= 4 is 11.9 Å². The van der Waals surface area contributed by atoms with Crippen LogP contribution < -0.4 is 0 Å². The molecule has 0 radical (unpaired) electrons. The molecule has 5 heteroatoms. The average Bonchev–Trinajstić information content (AvgIpc) is 2.39. The summed E-state index contributed by atoms with van der Waals surface area (Å²) in [4.78, 5) is 29.0. The number of piperazine rings is 1. The smallest absolute Gasteiger partial charge is 0.320 e. The van der Waals surface area contributed by atoms with E-state index in [1.165, 1.54) is 6.42 Å². The molecule has 0 atom stereocenters. The number of piperidine rings is 1. The molecule has 0 N–H and O–H groups in total. The van der Waals surface area contributed by atoms with Crippen molar-refractivity contribution < 1.29 is 9.59 Å². The minimum absolute atomic E-state index is 0.107. The van der Waals surface area contributed by atoms with Crippen LogP contribution in [0, 0.1) is 0 Å². The highest BCUT2D eigenvalue weighted by Crippen LogP contribution is 2.12. The lowest BCUT2D eigenvalue weighted by molar-refractivity contribution is -0.130. The summed E-state index contributed by atoms with van der Waals surface area (Å²) < 4.78 is 0. The van der Waals surface area contributed by atoms with E-state index in [-0.39, 0.29) is 11.9 Å². The molecule has 2 aliphatic rings. The van der Waals surface area contributed by atoms with E-state index < -0.39 is 0 Å². The standard InChI is InChI=1S/C12H21N3O2/c1-11(16)13-7-9-15(10-8-13)12(17)14-5-3-2-4-6-14/h2-10H2,1H3. The van der Waals surface area contributed by atoms with Gasteiger partial charge in [-0.2, -0.15) is 0 Å². The van der Waals surface area contributed by atoms with Gasteiger partial charge in [0.1, 0.15) is 0 Å². The predicted molar refractivity (Wildman–Crippen MR) is 64.6 cm³/mol. The van der Waals surface area contributed by atoms with Gasteiger partial charge in [0, 0.05) is 46.2 Å². The van der Waals surface area contributed by atoms with E-state index in [1.807, 2.05) is 9.80 Å². The van der Waals surface area contributed by atoms with Crippen molar-refractivity contribution in [2.24, 2.45) is 0 Å². The largest absolute Gasteiger partial charge is 0.339 e. The Labute approximate surface area is 102 Å². The van der Waals surface area contributed by atoms with Crippen LogP contribution in [0.3, 0.4) is 0 Å². The van der Waals surface area contributed by atoms with Crippen LogP contribution in [0.4, 0.5) is 4.79 Å². The first-order chi connectivity index (χ1) is 8.18. The van der Waals surface area contributed by atoms with Gasteiger partial charge < -0.3 is 14.7 Å². The van der Waals surface area contributed by atoms with E-state index in [4.69, 9.17) is 0 Å². The molecule has 0 aromatic carbocycles. The van der Waals surface area contributed by atoms with Crippen molar-refractivity contribution in [1.29, 1.82) is 0 Å². The SMILES string of the molecule is CC(=O)N1CCN(C(=O)N2CCCCC2)CC1. The van der Waals surface area contributed by atoms with Crippen molar-refractivity contribution in [1.82, 2.24) is 14.7 Å². The first-order valence-electron chi connectivity index (χ1n) is 6.48. The molecule has 96 valence electrons. The summed E-state index contributed by atoms with van der Waals surface area (Å²) in [6.07, 6.45) is 3.49. The topological polar surface area (TPSA) is 43.9 Å². The Kier molecular flexibility index (Phi) is 3.86. The summed E-state index contributed by atoms with van der Waals surface area (Å²) in [5.41, 5.74) is 0. The molecule has 17 heavy (non-hydrogen) atoms. The fourth-order valence-corrected chi connectivity index (χ4v) is 2.50. The predicted octanol–water partition coefficient (Wildman–Crippen LogP) is 0.756. The van der Waals surface area contributed by atoms with E-state index in [9.17, 15) is 9.59 Å². The van der Waals surface area contributed by atoms with Gasteiger partial charge in [0.15, 0.2) is 0 Å². The molecule has 2 saturated heterocycles. The zero-order chi connectivity index (χ0) is 12.3. The van der Waals surface area contributed by atoms with Crippen molar-refractivity contribution in [3.05, 3.63) is 0 Å². The number of amides is 3. The van der Waals surface area contributed by atoms with Crippen LogP contribution in [0.1, 0.15) is 26.2 Å². The van der Waals surface area contributed by atoms with Crippen LogP contribution in [-0.4, -0.2) is 65.9 Å². The van der Waals surface area contributed by atoms with Crippen molar-refractivity contribution in [2.75, 3.05) is 39.3 Å². The van der Waals surface area contributed by atoms with Crippen LogP contribution in [0.2, 0.25) is 0 Å². The Morgan fingerprint density at radius 1 is 0.706 bits per heavy atom. The van der Waals surface area contributed by atoms with Crippen LogP contribution in [0.5, 0.6) is 0 Å². The van der Waals surface area contributed by atoms with E-state index >= 15 is 0 Å². The lowest BCUT2D eigenvalue weighted by Crippen LogP contribution is -2.54. The van der Waals surface area contributed by atoms with E-state index in [1.54, 1.807) is 11.8 Å². The Hall–Kier alpha value is -1.26. The third-order valence-electron chi connectivity index (χ3n) is 3.62. The molecule has 0 bridgehead atoms. The van der Waals surface area contributed by atoms with Crippen LogP contribution in [-0.2, 0) is 4.79 Å². The molecule has 2 fully saturated rings. The van der Waals surface area contributed by atoms with Crippen LogP contribution in [0.25, 0.3) is 0 Å². The molecule has 5 nitrogen and oxygen atoms in total. The molecule has 0 spiro atoms. The molecule has 2 aliphatic heterocycles. The number of likely N-dealkylation sites (tertiary alicyclic amines) is 1. The number of rotatable bonds is 0. The quantitative estimate of drug-likeness (QED) is 0.626. The van der Waals surface area contributed by atoms with Gasteiger partial charge in [-0.05, 0) is 19.3 Å². The maximum absolute atomic E-state index is 12.2. The minimum Gasteiger partial charge on any atom is -0.339 e. The molecular formula is C12H21N3O2. The number of hydrogen-bond donors (Lipinski definition) is 0. The summed E-state index contributed by atoms with van der Waals surface area (Å²) in [6.45, 7) is 6.08. The van der Waals surface area contributed by atoms with Crippen molar-refractivity contribution in [2.45, 2.75) is 26.2 Å². The van der Waals surface area contributed by atoms with Gasteiger partial charge in [-0.1, -0.05) is 0 Å². The zero-order valence-electron chi connectivity index (χ0n) is 10.5. The first-order valence-corrected chi connectivity index (χ1v) is 6.48. The Bertz CT molecular complexity index is 292. The fourth-order valence-electron chi connectivity index (χ4n) is 2.50. The van der Waals surface area contributed by atoms with Gasteiger partial charge >= 0.3 is 6.03 Å². The summed E-state index contributed by atoms with van der Waals surface area (Å²) in [6, 6.07) is 0.160. The summed E-state index contributed by atoms with van der Waals surface area (Å²) in [7, 11) is 0. The second kappa shape index (κ2) is 5.38. The molecule has 0 saturated carbocycles. The highest BCUT2D eigenvalue weighted by atomic mass is 16.2. The minimum atomic E-state index is 0.107. The molecule has 0 aliphatic carbocycles. The monoisotopic (exact) mass is 239 g/mol. The number of nitrogens with zero attached hydrogens (tertiary/aromatic N) is 3. The molecular weight excluding hydrogens is 218 g/mol. The van der Waals surface area contributed by atoms with Gasteiger partial charge in [0.2, 0.25) is 5.91 Å². The average molecular weight is 239 g/mol. The molecule has 2 rings (SSSR count). The van der Waals surface area contributed by atoms with Crippen LogP contribution >= 0.6 is 0 Å². The van der Waals surface area contributed by atoms with Crippen LogP contribution in [0.15, 0.2) is 0 Å². The van der Waals surface area contributed by atoms with Gasteiger partial charge in [-0.3, -0.25) is 4.79 Å². The molecule has 0 aromatic heterocycles. The fraction of sp³-hybridized carbons (Fsp3) is 0.833. The summed E-state index contributed by atoms with van der Waals surface area (Å²) in [5, 5.41) is 0. The van der Waals surface area contributed by atoms with Crippen molar-refractivity contribution in [3.8, 4) is 0 Å². The Morgan fingerprint density at radius 3 is 1.71 bits per heavy atom. The van der Waals surface area contributed by atoms with E-state index in [2.05, 4.69) is 0 Å². The highest BCUT2D eigenvalue weighted by Gasteiger charge is 2.26. The second-order valence-corrected chi connectivity index (χ2v) is 4.82. The maximum atomic E-state index is 12.2. The number of carbonyl (C=O) groups is 2. The number of carbonyl (C=O) groups excluding carboxylic acids is 2. The van der Waals surface area contributed by atoms with Gasteiger partial charge in [-0.15, -0.1) is 0 Å². The third-order valence-corrected chi connectivity index (χ3v) is 3.62. The Morgan fingerprint density at radius 2 is 1.18 bits per heavy atom. The third kappa shape index (κ3) is 2.90. The second-order valence-electron chi connectivity index (χ2n) is 4.82. The maximum Gasteiger partial charge on any atom is 0.320 e. The highest BCUT2D eigenvalue weighted by molar-refractivity contribution is 5.76.